The Balaban J connectivity index is 1.77. The summed E-state index contributed by atoms with van der Waals surface area (Å²) >= 11 is 0. The maximum absolute atomic E-state index is 12.9. The highest BCUT2D eigenvalue weighted by Crippen LogP contribution is 2.66. The highest BCUT2D eigenvalue weighted by molar-refractivity contribution is 6.05. The second-order valence-corrected chi connectivity index (χ2v) is 9.38. The van der Waals surface area contributed by atoms with E-state index in [4.69, 9.17) is 0 Å². The summed E-state index contributed by atoms with van der Waals surface area (Å²) in [5.41, 5.74) is 0.0475. The van der Waals surface area contributed by atoms with Gasteiger partial charge in [0.25, 0.3) is 0 Å². The quantitative estimate of drug-likeness (QED) is 0.794. The molecule has 0 aromatic heterocycles. The van der Waals surface area contributed by atoms with Crippen LogP contribution in [0.2, 0.25) is 0 Å². The van der Waals surface area contributed by atoms with Crippen LogP contribution in [0.15, 0.2) is 11.6 Å². The van der Waals surface area contributed by atoms with Gasteiger partial charge in [0.15, 0.2) is 11.6 Å². The molecule has 4 nitrogen and oxygen atoms in total. The molecule has 0 amide bonds. The smallest absolute Gasteiger partial charge is 0.159 e. The Morgan fingerprint density at radius 1 is 1.24 bits per heavy atom. The third-order valence-electron chi connectivity index (χ3n) is 8.21. The van der Waals surface area contributed by atoms with Crippen LogP contribution >= 0.6 is 0 Å². The van der Waals surface area contributed by atoms with Gasteiger partial charge >= 0.3 is 0 Å². The number of Topliss-reactive ketones (excluding diaryl/α,β-unsaturated/α-hetero) is 2. The lowest BCUT2D eigenvalue weighted by Crippen LogP contribution is -2.58. The van der Waals surface area contributed by atoms with E-state index in [1.807, 2.05) is 0 Å². The van der Waals surface area contributed by atoms with Gasteiger partial charge in [0.05, 0.1) is 6.10 Å². The topological polar surface area (TPSA) is 71.4 Å². The van der Waals surface area contributed by atoms with Gasteiger partial charge in [-0.3, -0.25) is 14.4 Å². The first-order valence-electron chi connectivity index (χ1n) is 9.65. The maximum Gasteiger partial charge on any atom is 0.159 e. The third-order valence-corrected chi connectivity index (χ3v) is 8.21. The number of allylic oxidation sites excluding steroid dienone is 1. The third kappa shape index (κ3) is 2.19. The van der Waals surface area contributed by atoms with Gasteiger partial charge in [-0.15, -0.1) is 0 Å². The number of carbonyl (C=O) groups excluding carboxylic acids is 3. The average molecular weight is 344 g/mol. The van der Waals surface area contributed by atoms with Crippen molar-refractivity contribution in [1.29, 1.82) is 0 Å². The zero-order valence-electron chi connectivity index (χ0n) is 15.4. The van der Waals surface area contributed by atoms with E-state index in [2.05, 4.69) is 13.8 Å². The Morgan fingerprint density at radius 2 is 1.96 bits per heavy atom. The minimum atomic E-state index is -0.513. The summed E-state index contributed by atoms with van der Waals surface area (Å²) in [6.45, 7) is 5.89. The summed E-state index contributed by atoms with van der Waals surface area (Å²) in [4.78, 5) is 36.9. The molecule has 4 rings (SSSR count). The second kappa shape index (κ2) is 5.35. The summed E-state index contributed by atoms with van der Waals surface area (Å²) in [5, 5.41) is 11.1. The molecule has 0 spiro atoms. The van der Waals surface area contributed by atoms with Crippen LogP contribution in [0, 0.1) is 34.5 Å². The van der Waals surface area contributed by atoms with Crippen molar-refractivity contribution in [3.05, 3.63) is 11.6 Å². The van der Waals surface area contributed by atoms with Crippen molar-refractivity contribution in [2.45, 2.75) is 65.4 Å². The molecule has 4 aliphatic rings. The number of aliphatic hydroxyl groups is 1. The van der Waals surface area contributed by atoms with Gasteiger partial charge in [0, 0.05) is 29.7 Å². The van der Waals surface area contributed by atoms with Gasteiger partial charge in [-0.2, -0.15) is 0 Å². The first-order chi connectivity index (χ1) is 11.7. The van der Waals surface area contributed by atoms with E-state index in [-0.39, 0.29) is 40.5 Å². The number of fused-ring (bicyclic) bond motifs is 5. The predicted molar refractivity (Wildman–Crippen MR) is 92.7 cm³/mol. The first kappa shape index (κ1) is 17.1. The highest BCUT2D eigenvalue weighted by Gasteiger charge is 2.64. The highest BCUT2D eigenvalue weighted by atomic mass is 16.3. The Labute approximate surface area is 149 Å². The fourth-order valence-corrected chi connectivity index (χ4v) is 7.19. The molecule has 3 fully saturated rings. The lowest BCUT2D eigenvalue weighted by molar-refractivity contribution is -0.151. The van der Waals surface area contributed by atoms with Gasteiger partial charge in [0.1, 0.15) is 5.78 Å². The normalized spacial score (nSPS) is 49.1. The SMILES string of the molecule is CC(=O)[C@H]1CC[C@H]2[C@@H]3CC(=O)C4=CC(=O)CC[C@]4(C)[C@H]3[C@H](O)C[C@]12C. The standard InChI is InChI=1S/C21H28O4/c1-11(22)14-4-5-15-13-9-17(24)16-8-12(23)6-7-20(16,2)19(13)18(25)10-21(14,15)3/h8,13-15,18-19,25H,4-7,9-10H2,1-3H3/t13-,14+,15-,18+,19+,20-,21+/m0/s1. The monoisotopic (exact) mass is 344 g/mol. The summed E-state index contributed by atoms with van der Waals surface area (Å²) in [6.07, 6.45) is 5.04. The zero-order chi connectivity index (χ0) is 18.1. The number of carbonyl (C=O) groups is 3. The molecular weight excluding hydrogens is 316 g/mol. The molecule has 0 bridgehead atoms. The largest absolute Gasteiger partial charge is 0.393 e. The molecule has 0 aromatic rings. The van der Waals surface area contributed by atoms with Crippen molar-refractivity contribution in [3.63, 3.8) is 0 Å². The molecule has 136 valence electrons. The first-order valence-corrected chi connectivity index (χ1v) is 9.65. The molecule has 0 heterocycles. The minimum absolute atomic E-state index is 0.000816. The maximum atomic E-state index is 12.9. The van der Waals surface area contributed by atoms with E-state index in [0.29, 0.717) is 37.2 Å². The number of aliphatic hydroxyl groups excluding tert-OH is 1. The molecule has 0 saturated heterocycles. The fraction of sp³-hybridized carbons (Fsp3) is 0.762. The second-order valence-electron chi connectivity index (χ2n) is 9.38. The molecule has 4 aliphatic carbocycles. The Bertz CT molecular complexity index is 692. The Kier molecular flexibility index (Phi) is 3.67. The van der Waals surface area contributed by atoms with Gasteiger partial charge in [-0.1, -0.05) is 13.8 Å². The van der Waals surface area contributed by atoms with Crippen molar-refractivity contribution in [2.24, 2.45) is 34.5 Å². The molecule has 0 aliphatic heterocycles. The van der Waals surface area contributed by atoms with Gasteiger partial charge < -0.3 is 5.11 Å². The van der Waals surface area contributed by atoms with Crippen LogP contribution in [0.1, 0.15) is 59.3 Å². The van der Waals surface area contributed by atoms with Crippen LogP contribution in [-0.2, 0) is 14.4 Å². The number of hydrogen-bond donors (Lipinski definition) is 1. The average Bonchev–Trinajstić information content (AvgIpc) is 2.85. The Hall–Kier alpha value is -1.29. The lowest BCUT2D eigenvalue weighted by atomic mass is 9.45. The molecule has 3 saturated carbocycles. The lowest BCUT2D eigenvalue weighted by Gasteiger charge is -2.59. The molecular formula is C21H28O4. The van der Waals surface area contributed by atoms with Crippen LogP contribution in [0.3, 0.4) is 0 Å². The van der Waals surface area contributed by atoms with E-state index < -0.39 is 11.5 Å². The summed E-state index contributed by atoms with van der Waals surface area (Å²) in [5.74, 6) is 0.796. The molecule has 0 aromatic carbocycles. The van der Waals surface area contributed by atoms with Gasteiger partial charge in [-0.05, 0) is 61.9 Å². The van der Waals surface area contributed by atoms with Crippen LogP contribution in [0.25, 0.3) is 0 Å². The van der Waals surface area contributed by atoms with Crippen LogP contribution < -0.4 is 0 Å². The van der Waals surface area contributed by atoms with Crippen LogP contribution in [0.5, 0.6) is 0 Å². The Morgan fingerprint density at radius 3 is 2.64 bits per heavy atom. The van der Waals surface area contributed by atoms with Crippen LogP contribution in [-0.4, -0.2) is 28.6 Å². The molecule has 7 atom stereocenters. The van der Waals surface area contributed by atoms with Gasteiger partial charge in [0.2, 0.25) is 0 Å². The number of hydrogen-bond acceptors (Lipinski definition) is 4. The van der Waals surface area contributed by atoms with E-state index in [1.165, 1.54) is 0 Å². The molecule has 0 unspecified atom stereocenters. The van der Waals surface area contributed by atoms with Crippen molar-refractivity contribution >= 4 is 17.3 Å². The fourth-order valence-electron chi connectivity index (χ4n) is 7.19. The molecule has 1 N–H and O–H groups in total. The summed E-state index contributed by atoms with van der Waals surface area (Å²) < 4.78 is 0. The van der Waals surface area contributed by atoms with E-state index in [9.17, 15) is 19.5 Å². The van der Waals surface area contributed by atoms with Crippen molar-refractivity contribution in [3.8, 4) is 0 Å². The van der Waals surface area contributed by atoms with Gasteiger partial charge in [-0.25, -0.2) is 0 Å². The summed E-state index contributed by atoms with van der Waals surface area (Å²) in [7, 11) is 0. The zero-order valence-corrected chi connectivity index (χ0v) is 15.4. The molecule has 4 heteroatoms. The summed E-state index contributed by atoms with van der Waals surface area (Å²) in [6, 6.07) is 0. The predicted octanol–water partition coefficient (Wildman–Crippen LogP) is 2.87. The van der Waals surface area contributed by atoms with Crippen molar-refractivity contribution < 1.29 is 19.5 Å². The molecule has 0 radical (unpaired) electrons. The number of rotatable bonds is 1. The van der Waals surface area contributed by atoms with E-state index in [0.717, 1.165) is 12.8 Å². The van der Waals surface area contributed by atoms with Crippen LogP contribution in [0.4, 0.5) is 0 Å². The van der Waals surface area contributed by atoms with Crippen molar-refractivity contribution in [1.82, 2.24) is 0 Å². The number of ketones is 3. The van der Waals surface area contributed by atoms with E-state index >= 15 is 0 Å². The molecule has 25 heavy (non-hydrogen) atoms. The van der Waals surface area contributed by atoms with E-state index in [1.54, 1.807) is 13.0 Å². The minimum Gasteiger partial charge on any atom is -0.393 e. The van der Waals surface area contributed by atoms with Crippen molar-refractivity contribution in [2.75, 3.05) is 0 Å².